The average molecular weight is 289 g/mol. The Morgan fingerprint density at radius 1 is 1.20 bits per heavy atom. The quantitative estimate of drug-likeness (QED) is 0.678. The molecule has 0 spiro atoms. The first-order chi connectivity index (χ1) is 9.61. The van der Waals surface area contributed by atoms with Gasteiger partial charge in [-0.05, 0) is 31.2 Å². The summed E-state index contributed by atoms with van der Waals surface area (Å²) in [5.74, 6) is -0.685. The van der Waals surface area contributed by atoms with Crippen LogP contribution in [-0.2, 0) is 4.74 Å². The van der Waals surface area contributed by atoms with Crippen LogP contribution in [-0.4, -0.2) is 25.4 Å². The van der Waals surface area contributed by atoms with Crippen molar-refractivity contribution in [2.45, 2.75) is 6.92 Å². The van der Waals surface area contributed by atoms with E-state index in [9.17, 15) is 9.59 Å². The third-order valence-corrected chi connectivity index (χ3v) is 3.81. The van der Waals surface area contributed by atoms with Crippen LogP contribution in [0.3, 0.4) is 0 Å². The van der Waals surface area contributed by atoms with Crippen LogP contribution in [0.2, 0.25) is 0 Å². The molecule has 0 bridgehead atoms. The van der Waals surface area contributed by atoms with Gasteiger partial charge in [-0.2, -0.15) is 0 Å². The normalized spacial score (nSPS) is 10.1. The van der Waals surface area contributed by atoms with Crippen molar-refractivity contribution < 1.29 is 14.3 Å². The number of carbonyl (C=O) groups excluding carboxylic acids is 2. The van der Waals surface area contributed by atoms with Gasteiger partial charge in [-0.3, -0.25) is 4.79 Å². The maximum Gasteiger partial charge on any atom is 0.340 e. The number of aryl methyl sites for hydroxylation is 1. The first-order valence-electron chi connectivity index (χ1n) is 6.15. The van der Waals surface area contributed by atoms with Gasteiger partial charge in [0.05, 0.1) is 10.4 Å². The van der Waals surface area contributed by atoms with E-state index in [0.717, 1.165) is 4.88 Å². The molecule has 1 aromatic heterocycles. The van der Waals surface area contributed by atoms with E-state index in [1.54, 1.807) is 31.3 Å². The Kier molecular flexibility index (Phi) is 4.53. The van der Waals surface area contributed by atoms with Crippen LogP contribution < -0.4 is 5.32 Å². The second-order valence-electron chi connectivity index (χ2n) is 4.21. The van der Waals surface area contributed by atoms with E-state index in [-0.39, 0.29) is 12.4 Å². The van der Waals surface area contributed by atoms with Crippen LogP contribution >= 0.6 is 11.3 Å². The number of rotatable bonds is 5. The van der Waals surface area contributed by atoms with E-state index in [1.165, 1.54) is 11.3 Å². The van der Waals surface area contributed by atoms with Crippen LogP contribution in [0.4, 0.5) is 5.69 Å². The Bertz CT molecular complexity index is 634. The third-order valence-electron chi connectivity index (χ3n) is 2.77. The van der Waals surface area contributed by atoms with Gasteiger partial charge in [0.15, 0.2) is 6.61 Å². The summed E-state index contributed by atoms with van der Waals surface area (Å²) in [6.45, 7) is 1.69. The van der Waals surface area contributed by atoms with E-state index < -0.39 is 5.97 Å². The zero-order valence-electron chi connectivity index (χ0n) is 11.3. The number of thiophene rings is 1. The minimum atomic E-state index is -0.503. The molecular formula is C15H15NO3S. The van der Waals surface area contributed by atoms with E-state index in [4.69, 9.17) is 4.74 Å². The van der Waals surface area contributed by atoms with Crippen molar-refractivity contribution in [2.75, 3.05) is 19.0 Å². The molecule has 2 aromatic rings. The molecule has 4 nitrogen and oxygen atoms in total. The molecule has 0 radical (unpaired) electrons. The number of carbonyl (C=O) groups is 2. The number of ether oxygens (including phenoxy) is 1. The van der Waals surface area contributed by atoms with Crippen molar-refractivity contribution in [3.05, 3.63) is 51.7 Å². The van der Waals surface area contributed by atoms with Gasteiger partial charge in [0.25, 0.3) is 0 Å². The molecule has 0 aliphatic rings. The monoisotopic (exact) mass is 289 g/mol. The zero-order valence-corrected chi connectivity index (χ0v) is 12.1. The molecule has 0 fully saturated rings. The number of para-hydroxylation sites is 1. The third kappa shape index (κ3) is 3.24. The molecule has 2 rings (SSSR count). The molecule has 1 heterocycles. The summed E-state index contributed by atoms with van der Waals surface area (Å²) in [4.78, 5) is 25.5. The van der Waals surface area contributed by atoms with Gasteiger partial charge in [0.2, 0.25) is 5.78 Å². The van der Waals surface area contributed by atoms with Gasteiger partial charge in [-0.15, -0.1) is 11.3 Å². The van der Waals surface area contributed by atoms with E-state index in [1.807, 2.05) is 19.1 Å². The summed E-state index contributed by atoms with van der Waals surface area (Å²) in [7, 11) is 1.73. The molecule has 0 saturated carbocycles. The summed E-state index contributed by atoms with van der Waals surface area (Å²) >= 11 is 1.40. The van der Waals surface area contributed by atoms with Gasteiger partial charge in [-0.25, -0.2) is 4.79 Å². The highest BCUT2D eigenvalue weighted by Crippen LogP contribution is 2.17. The smallest absolute Gasteiger partial charge is 0.340 e. The second-order valence-corrected chi connectivity index (χ2v) is 5.49. The molecule has 0 atom stereocenters. The van der Waals surface area contributed by atoms with Crippen molar-refractivity contribution in [3.63, 3.8) is 0 Å². The summed E-state index contributed by atoms with van der Waals surface area (Å²) in [5.41, 5.74) is 1.10. The van der Waals surface area contributed by atoms with Crippen LogP contribution in [0.15, 0.2) is 36.4 Å². The SMILES string of the molecule is CNc1ccccc1C(=O)OCC(=O)c1ccc(C)s1. The Hall–Kier alpha value is -2.14. The largest absolute Gasteiger partial charge is 0.454 e. The number of hydrogen-bond acceptors (Lipinski definition) is 5. The topological polar surface area (TPSA) is 55.4 Å². The number of ketones is 1. The van der Waals surface area contributed by atoms with E-state index in [0.29, 0.717) is 16.1 Å². The summed E-state index contributed by atoms with van der Waals surface area (Å²) in [6, 6.07) is 10.6. The molecule has 1 N–H and O–H groups in total. The van der Waals surface area contributed by atoms with Crippen LogP contribution in [0.25, 0.3) is 0 Å². The molecule has 0 aliphatic carbocycles. The number of nitrogens with one attached hydrogen (secondary N) is 1. The summed E-state index contributed by atoms with van der Waals surface area (Å²) in [5, 5.41) is 2.92. The van der Waals surface area contributed by atoms with E-state index in [2.05, 4.69) is 5.32 Å². The fourth-order valence-corrected chi connectivity index (χ4v) is 2.54. The maximum absolute atomic E-state index is 12.0. The zero-order chi connectivity index (χ0) is 14.5. The number of hydrogen-bond donors (Lipinski definition) is 1. The number of Topliss-reactive ketones (excluding diaryl/α,β-unsaturated/α-hetero) is 1. The standard InChI is InChI=1S/C15H15NO3S/c1-10-7-8-14(20-10)13(17)9-19-15(18)11-5-3-4-6-12(11)16-2/h3-8,16H,9H2,1-2H3. The van der Waals surface area contributed by atoms with Crippen LogP contribution in [0.1, 0.15) is 24.9 Å². The Balaban J connectivity index is 2.00. The molecular weight excluding hydrogens is 274 g/mol. The highest BCUT2D eigenvalue weighted by molar-refractivity contribution is 7.14. The number of benzene rings is 1. The maximum atomic E-state index is 12.0. The lowest BCUT2D eigenvalue weighted by Crippen LogP contribution is -2.14. The van der Waals surface area contributed by atoms with Gasteiger partial charge >= 0.3 is 5.97 Å². The second kappa shape index (κ2) is 6.34. The number of anilines is 1. The van der Waals surface area contributed by atoms with Crippen LogP contribution in [0.5, 0.6) is 0 Å². The first kappa shape index (κ1) is 14.3. The minimum absolute atomic E-state index is 0.182. The van der Waals surface area contributed by atoms with Crippen molar-refractivity contribution in [2.24, 2.45) is 0 Å². The minimum Gasteiger partial charge on any atom is -0.454 e. The molecule has 1 aromatic carbocycles. The first-order valence-corrected chi connectivity index (χ1v) is 6.97. The summed E-state index contributed by atoms with van der Waals surface area (Å²) in [6.07, 6.45) is 0. The lowest BCUT2D eigenvalue weighted by atomic mass is 10.2. The summed E-state index contributed by atoms with van der Waals surface area (Å²) < 4.78 is 5.07. The molecule has 0 unspecified atom stereocenters. The predicted octanol–water partition coefficient (Wildman–Crippen LogP) is 3.14. The highest BCUT2D eigenvalue weighted by Gasteiger charge is 2.15. The van der Waals surface area contributed by atoms with Crippen LogP contribution in [0, 0.1) is 6.92 Å². The van der Waals surface area contributed by atoms with Crippen molar-refractivity contribution in [1.29, 1.82) is 0 Å². The lowest BCUT2D eigenvalue weighted by Gasteiger charge is -2.08. The van der Waals surface area contributed by atoms with Crippen molar-refractivity contribution >= 4 is 28.8 Å². The van der Waals surface area contributed by atoms with Crippen molar-refractivity contribution in [1.82, 2.24) is 0 Å². The highest BCUT2D eigenvalue weighted by atomic mass is 32.1. The Morgan fingerprint density at radius 2 is 1.95 bits per heavy atom. The van der Waals surface area contributed by atoms with Gasteiger partial charge in [-0.1, -0.05) is 12.1 Å². The Morgan fingerprint density at radius 3 is 2.60 bits per heavy atom. The Labute approximate surface area is 121 Å². The predicted molar refractivity (Wildman–Crippen MR) is 79.7 cm³/mol. The molecule has 5 heteroatoms. The molecule has 20 heavy (non-hydrogen) atoms. The van der Waals surface area contributed by atoms with Gasteiger partial charge in [0.1, 0.15) is 0 Å². The molecule has 104 valence electrons. The molecule has 0 saturated heterocycles. The number of esters is 1. The van der Waals surface area contributed by atoms with Gasteiger partial charge < -0.3 is 10.1 Å². The molecule has 0 aliphatic heterocycles. The van der Waals surface area contributed by atoms with E-state index >= 15 is 0 Å². The van der Waals surface area contributed by atoms with Crippen molar-refractivity contribution in [3.8, 4) is 0 Å². The molecule has 0 amide bonds. The fraction of sp³-hybridized carbons (Fsp3) is 0.200. The average Bonchev–Trinajstić information content (AvgIpc) is 2.91. The fourth-order valence-electron chi connectivity index (χ4n) is 1.74. The lowest BCUT2D eigenvalue weighted by molar-refractivity contribution is 0.0477. The van der Waals surface area contributed by atoms with Gasteiger partial charge in [0, 0.05) is 17.6 Å².